The molecule has 7 heteroatoms. The van der Waals surface area contributed by atoms with Crippen LogP contribution in [-0.4, -0.2) is 35.1 Å². The molecule has 0 saturated carbocycles. The number of aromatic nitrogens is 1. The van der Waals surface area contributed by atoms with Gasteiger partial charge in [-0.2, -0.15) is 13.2 Å². The number of unbranched alkanes of at least 4 members (excludes halogenated alkanes) is 1. The molecule has 30 heavy (non-hydrogen) atoms. The van der Waals surface area contributed by atoms with E-state index in [-0.39, 0.29) is 6.54 Å². The molecule has 1 aliphatic rings. The number of hydrogen-bond acceptors (Lipinski definition) is 3. The number of carbonyl (C=O) groups excluding carboxylic acids is 1. The highest BCUT2D eigenvalue weighted by atomic mass is 19.4. The van der Waals surface area contributed by atoms with Crippen LogP contribution in [0.1, 0.15) is 43.0 Å². The van der Waals surface area contributed by atoms with Crippen molar-refractivity contribution in [2.45, 2.75) is 51.7 Å². The van der Waals surface area contributed by atoms with Gasteiger partial charge in [0.25, 0.3) is 0 Å². The van der Waals surface area contributed by atoms with E-state index < -0.39 is 24.5 Å². The van der Waals surface area contributed by atoms with Crippen LogP contribution in [0.3, 0.4) is 0 Å². The van der Waals surface area contributed by atoms with Crippen molar-refractivity contribution in [2.24, 2.45) is 5.92 Å². The summed E-state index contributed by atoms with van der Waals surface area (Å²) < 4.78 is 44.7. The van der Waals surface area contributed by atoms with Crippen molar-refractivity contribution in [2.75, 3.05) is 13.2 Å². The van der Waals surface area contributed by atoms with Gasteiger partial charge in [-0.05, 0) is 67.5 Å². The molecule has 0 fully saturated rings. The van der Waals surface area contributed by atoms with Crippen molar-refractivity contribution in [3.63, 3.8) is 0 Å². The maximum atomic E-state index is 13.0. The van der Waals surface area contributed by atoms with Crippen LogP contribution in [0.5, 0.6) is 5.75 Å². The summed E-state index contributed by atoms with van der Waals surface area (Å²) in [5.41, 5.74) is 2.69. The van der Waals surface area contributed by atoms with Gasteiger partial charge in [-0.25, -0.2) is 0 Å². The number of amides is 1. The second kappa shape index (κ2) is 9.96. The molecule has 0 N–H and O–H groups in total. The van der Waals surface area contributed by atoms with Gasteiger partial charge in [0.05, 0.1) is 6.61 Å². The zero-order valence-electron chi connectivity index (χ0n) is 17.1. The first kappa shape index (κ1) is 22.1. The summed E-state index contributed by atoms with van der Waals surface area (Å²) in [5.74, 6) is -0.226. The predicted octanol–water partition coefficient (Wildman–Crippen LogP) is 4.96. The summed E-state index contributed by atoms with van der Waals surface area (Å²) in [6.45, 7) is 1.09. The molecule has 0 radical (unpaired) electrons. The van der Waals surface area contributed by atoms with Crippen molar-refractivity contribution in [3.8, 4) is 5.75 Å². The van der Waals surface area contributed by atoms with E-state index in [1.807, 2.05) is 37.3 Å². The number of hydrogen-bond donors (Lipinski definition) is 0. The fourth-order valence-corrected chi connectivity index (χ4v) is 3.75. The Labute approximate surface area is 175 Å². The molecule has 0 bridgehead atoms. The third kappa shape index (κ3) is 6.21. The third-order valence-electron chi connectivity index (χ3n) is 5.35. The molecule has 0 saturated heterocycles. The molecule has 162 valence electrons. The van der Waals surface area contributed by atoms with Crippen LogP contribution in [0.2, 0.25) is 0 Å². The summed E-state index contributed by atoms with van der Waals surface area (Å²) in [7, 11) is 0. The van der Waals surface area contributed by atoms with Crippen LogP contribution in [-0.2, 0) is 24.2 Å². The normalized spacial score (nSPS) is 16.9. The van der Waals surface area contributed by atoms with Crippen molar-refractivity contribution >= 4 is 5.91 Å². The predicted molar refractivity (Wildman–Crippen MR) is 108 cm³/mol. The number of benzene rings is 1. The van der Waals surface area contributed by atoms with Gasteiger partial charge < -0.3 is 9.64 Å². The molecule has 0 spiro atoms. The standard InChI is InChI=1S/C23H27F3N2O2/c1-2-17-13-18-9-10-21(30-12-6-4-8-20-7-3-5-11-27-20)14-19(18)15-28(22(17)29)16-23(24,25)26/h3,5,7,9-11,14,17H,2,4,6,8,12-13,15-16H2,1H3/t17-/m1/s1. The summed E-state index contributed by atoms with van der Waals surface area (Å²) in [6.07, 6.45) is 1.00. The summed E-state index contributed by atoms with van der Waals surface area (Å²) in [6, 6.07) is 11.3. The highest BCUT2D eigenvalue weighted by Crippen LogP contribution is 2.30. The second-order valence-electron chi connectivity index (χ2n) is 7.68. The van der Waals surface area contributed by atoms with Crippen molar-refractivity contribution < 1.29 is 22.7 Å². The van der Waals surface area contributed by atoms with Crippen LogP contribution in [0.25, 0.3) is 0 Å². The number of carbonyl (C=O) groups is 1. The van der Waals surface area contributed by atoms with Crippen LogP contribution in [0.4, 0.5) is 13.2 Å². The first-order valence-corrected chi connectivity index (χ1v) is 10.4. The Morgan fingerprint density at radius 2 is 2.00 bits per heavy atom. The molecule has 1 aliphatic heterocycles. The van der Waals surface area contributed by atoms with E-state index in [0.717, 1.165) is 41.0 Å². The zero-order valence-corrected chi connectivity index (χ0v) is 17.1. The maximum Gasteiger partial charge on any atom is 0.406 e. The second-order valence-corrected chi connectivity index (χ2v) is 7.68. The molecule has 0 unspecified atom stereocenters. The van der Waals surface area contributed by atoms with E-state index in [1.165, 1.54) is 0 Å². The average Bonchev–Trinajstić information content (AvgIpc) is 2.83. The Hall–Kier alpha value is -2.57. The Bertz CT molecular complexity index is 840. The molecule has 0 aliphatic carbocycles. The monoisotopic (exact) mass is 420 g/mol. The minimum atomic E-state index is -4.42. The Morgan fingerprint density at radius 1 is 1.17 bits per heavy atom. The van der Waals surface area contributed by atoms with Crippen LogP contribution in [0, 0.1) is 5.92 Å². The molecule has 1 amide bonds. The smallest absolute Gasteiger partial charge is 0.406 e. The Kier molecular flexibility index (Phi) is 7.34. The molecule has 1 aromatic carbocycles. The number of fused-ring (bicyclic) bond motifs is 1. The molecule has 2 heterocycles. The summed E-state index contributed by atoms with van der Waals surface area (Å²) in [4.78, 5) is 17.8. The number of rotatable bonds is 8. The number of alkyl halides is 3. The van der Waals surface area contributed by atoms with E-state index in [1.54, 1.807) is 12.3 Å². The lowest BCUT2D eigenvalue weighted by Gasteiger charge is -2.25. The largest absolute Gasteiger partial charge is 0.494 e. The van der Waals surface area contributed by atoms with Crippen LogP contribution >= 0.6 is 0 Å². The topological polar surface area (TPSA) is 42.4 Å². The van der Waals surface area contributed by atoms with Gasteiger partial charge in [0.15, 0.2) is 0 Å². The van der Waals surface area contributed by atoms with Crippen molar-refractivity contribution in [3.05, 3.63) is 59.4 Å². The van der Waals surface area contributed by atoms with Gasteiger partial charge in [-0.1, -0.05) is 19.1 Å². The first-order chi connectivity index (χ1) is 14.4. The SMILES string of the molecule is CC[C@@H]1Cc2ccc(OCCCCc3ccccn3)cc2CN(CC(F)(F)F)C1=O. The van der Waals surface area contributed by atoms with Crippen molar-refractivity contribution in [1.29, 1.82) is 0 Å². The fraction of sp³-hybridized carbons (Fsp3) is 0.478. The number of aryl methyl sites for hydroxylation is 1. The number of nitrogens with zero attached hydrogens (tertiary/aromatic N) is 2. The van der Waals surface area contributed by atoms with E-state index in [9.17, 15) is 18.0 Å². The Morgan fingerprint density at radius 3 is 2.70 bits per heavy atom. The average molecular weight is 420 g/mol. The molecular formula is C23H27F3N2O2. The van der Waals surface area contributed by atoms with Gasteiger partial charge in [0.1, 0.15) is 12.3 Å². The fourth-order valence-electron chi connectivity index (χ4n) is 3.75. The summed E-state index contributed by atoms with van der Waals surface area (Å²) in [5, 5.41) is 0. The maximum absolute atomic E-state index is 13.0. The van der Waals surface area contributed by atoms with Gasteiger partial charge in [0.2, 0.25) is 5.91 Å². The third-order valence-corrected chi connectivity index (χ3v) is 5.35. The molecule has 1 atom stereocenters. The summed E-state index contributed by atoms with van der Waals surface area (Å²) >= 11 is 0. The van der Waals surface area contributed by atoms with Crippen molar-refractivity contribution in [1.82, 2.24) is 9.88 Å². The molecule has 1 aromatic heterocycles. The van der Waals surface area contributed by atoms with Gasteiger partial charge in [0, 0.05) is 24.4 Å². The number of halogens is 3. The van der Waals surface area contributed by atoms with Gasteiger partial charge >= 0.3 is 6.18 Å². The van der Waals surface area contributed by atoms with E-state index in [0.29, 0.717) is 25.2 Å². The number of ether oxygens (including phenoxy) is 1. The van der Waals surface area contributed by atoms with E-state index in [2.05, 4.69) is 4.98 Å². The zero-order chi connectivity index (χ0) is 21.6. The lowest BCUT2D eigenvalue weighted by Crippen LogP contribution is -2.40. The lowest BCUT2D eigenvalue weighted by atomic mass is 9.95. The van der Waals surface area contributed by atoms with Gasteiger partial charge in [-0.15, -0.1) is 0 Å². The van der Waals surface area contributed by atoms with Crippen LogP contribution in [0.15, 0.2) is 42.6 Å². The molecule has 2 aromatic rings. The minimum absolute atomic E-state index is 0.0406. The first-order valence-electron chi connectivity index (χ1n) is 10.4. The molecular weight excluding hydrogens is 393 g/mol. The lowest BCUT2D eigenvalue weighted by molar-refractivity contribution is -0.164. The highest BCUT2D eigenvalue weighted by molar-refractivity contribution is 5.80. The molecule has 3 rings (SSSR count). The van der Waals surface area contributed by atoms with Crippen LogP contribution < -0.4 is 4.74 Å². The van der Waals surface area contributed by atoms with E-state index in [4.69, 9.17) is 4.74 Å². The Balaban J connectivity index is 1.60. The number of pyridine rings is 1. The molecule has 4 nitrogen and oxygen atoms in total. The minimum Gasteiger partial charge on any atom is -0.494 e. The highest BCUT2D eigenvalue weighted by Gasteiger charge is 2.37. The quantitative estimate of drug-likeness (QED) is 0.567. The van der Waals surface area contributed by atoms with Gasteiger partial charge in [-0.3, -0.25) is 9.78 Å². The van der Waals surface area contributed by atoms with E-state index >= 15 is 0 Å².